The Kier molecular flexibility index (Phi) is 4.64. The smallest absolute Gasteiger partial charge is 0.271 e. The van der Waals surface area contributed by atoms with Crippen LogP contribution < -0.4 is 10.9 Å². The first-order valence-electron chi connectivity index (χ1n) is 8.03. The van der Waals surface area contributed by atoms with Gasteiger partial charge >= 0.3 is 0 Å². The van der Waals surface area contributed by atoms with E-state index in [9.17, 15) is 9.59 Å². The van der Waals surface area contributed by atoms with Crippen LogP contribution in [-0.4, -0.2) is 15.5 Å². The fraction of sp³-hybridized carbons (Fsp3) is 0.105. The van der Waals surface area contributed by atoms with Gasteiger partial charge in [0, 0.05) is 4.88 Å². The molecule has 0 bridgehead atoms. The summed E-state index contributed by atoms with van der Waals surface area (Å²) in [7, 11) is 0. The molecule has 0 fully saturated rings. The molecule has 1 atom stereocenters. The molecule has 7 heteroatoms. The Morgan fingerprint density at radius 2 is 1.92 bits per heavy atom. The molecular weight excluding hydrogens is 366 g/mol. The maximum absolute atomic E-state index is 12.6. The summed E-state index contributed by atoms with van der Waals surface area (Å²) in [6, 6.07) is 15.3. The topological polar surface area (TPSA) is 64.0 Å². The summed E-state index contributed by atoms with van der Waals surface area (Å²) >= 11 is 2.92. The van der Waals surface area contributed by atoms with Crippen LogP contribution in [0.4, 0.5) is 0 Å². The van der Waals surface area contributed by atoms with E-state index in [1.807, 2.05) is 53.2 Å². The summed E-state index contributed by atoms with van der Waals surface area (Å²) in [5, 5.41) is 6.85. The van der Waals surface area contributed by atoms with Gasteiger partial charge in [-0.05, 0) is 28.5 Å². The lowest BCUT2D eigenvalue weighted by Crippen LogP contribution is -2.34. The molecule has 26 heavy (non-hydrogen) atoms. The van der Waals surface area contributed by atoms with Crippen molar-refractivity contribution in [1.29, 1.82) is 0 Å². The number of carbonyl (C=O) groups is 1. The van der Waals surface area contributed by atoms with Gasteiger partial charge in [-0.1, -0.05) is 36.4 Å². The minimum atomic E-state index is -0.238. The minimum Gasteiger partial charge on any atom is -0.343 e. The quantitative estimate of drug-likeness (QED) is 0.576. The number of fused-ring (bicyclic) bond motifs is 1. The second-order valence-corrected chi connectivity index (χ2v) is 7.63. The van der Waals surface area contributed by atoms with Crippen LogP contribution in [0.2, 0.25) is 0 Å². The summed E-state index contributed by atoms with van der Waals surface area (Å²) in [5.41, 5.74) is 1.48. The van der Waals surface area contributed by atoms with Crippen LogP contribution in [0.1, 0.15) is 16.5 Å². The zero-order chi connectivity index (χ0) is 17.9. The van der Waals surface area contributed by atoms with Gasteiger partial charge in [0.2, 0.25) is 5.91 Å². The van der Waals surface area contributed by atoms with Gasteiger partial charge in [0.25, 0.3) is 5.56 Å². The third kappa shape index (κ3) is 3.31. The van der Waals surface area contributed by atoms with Crippen molar-refractivity contribution in [2.24, 2.45) is 0 Å². The van der Waals surface area contributed by atoms with Crippen LogP contribution in [0, 0.1) is 0 Å². The van der Waals surface area contributed by atoms with E-state index in [0.29, 0.717) is 10.2 Å². The number of nitrogens with zero attached hydrogens (tertiary/aromatic N) is 2. The third-order valence-electron chi connectivity index (χ3n) is 4.02. The van der Waals surface area contributed by atoms with Crippen molar-refractivity contribution >= 4 is 38.8 Å². The summed E-state index contributed by atoms with van der Waals surface area (Å²) < 4.78 is 1.92. The maximum atomic E-state index is 12.6. The van der Waals surface area contributed by atoms with Crippen molar-refractivity contribution in [2.75, 3.05) is 0 Å². The lowest BCUT2D eigenvalue weighted by atomic mass is 10.1. The van der Waals surface area contributed by atoms with Crippen molar-refractivity contribution in [2.45, 2.75) is 12.6 Å². The standard InChI is InChI=1S/C19H15N3O2S2/c23-16(11-22-12-20-14-8-10-26-18(14)19(22)24)21-17(15-7-4-9-25-15)13-5-2-1-3-6-13/h1-10,12,17H,11H2,(H,21,23)/t17-/m1/s1. The van der Waals surface area contributed by atoms with Gasteiger partial charge in [-0.3, -0.25) is 14.2 Å². The molecule has 1 aromatic carbocycles. The maximum Gasteiger partial charge on any atom is 0.271 e. The first-order valence-corrected chi connectivity index (χ1v) is 9.78. The van der Waals surface area contributed by atoms with Crippen LogP contribution >= 0.6 is 22.7 Å². The molecule has 1 N–H and O–H groups in total. The van der Waals surface area contributed by atoms with Gasteiger partial charge in [0.1, 0.15) is 11.2 Å². The van der Waals surface area contributed by atoms with Crippen molar-refractivity contribution in [3.05, 3.63) is 86.4 Å². The van der Waals surface area contributed by atoms with Crippen molar-refractivity contribution in [1.82, 2.24) is 14.9 Å². The monoisotopic (exact) mass is 381 g/mol. The van der Waals surface area contributed by atoms with E-state index in [2.05, 4.69) is 10.3 Å². The minimum absolute atomic E-state index is 0.0611. The molecule has 4 rings (SSSR count). The first kappa shape index (κ1) is 16.7. The van der Waals surface area contributed by atoms with Gasteiger partial charge in [0.05, 0.1) is 17.9 Å². The number of thiophene rings is 2. The zero-order valence-corrected chi connectivity index (χ0v) is 15.3. The third-order valence-corrected chi connectivity index (χ3v) is 5.84. The lowest BCUT2D eigenvalue weighted by Gasteiger charge is -2.18. The molecule has 0 saturated heterocycles. The van der Waals surface area contributed by atoms with Crippen LogP contribution in [-0.2, 0) is 11.3 Å². The molecule has 4 aromatic rings. The highest BCUT2D eigenvalue weighted by Gasteiger charge is 2.18. The average molecular weight is 381 g/mol. The van der Waals surface area contributed by atoms with Crippen LogP contribution in [0.15, 0.2) is 70.4 Å². The Balaban J connectivity index is 1.58. The zero-order valence-electron chi connectivity index (χ0n) is 13.7. The second-order valence-electron chi connectivity index (χ2n) is 5.74. The Bertz CT molecular complexity index is 1080. The number of aromatic nitrogens is 2. The number of nitrogens with one attached hydrogen (secondary N) is 1. The molecule has 0 spiro atoms. The van der Waals surface area contributed by atoms with E-state index in [0.717, 1.165) is 10.4 Å². The van der Waals surface area contributed by atoms with E-state index in [1.54, 1.807) is 17.4 Å². The predicted molar refractivity (Wildman–Crippen MR) is 105 cm³/mol. The Morgan fingerprint density at radius 3 is 2.69 bits per heavy atom. The molecule has 3 aromatic heterocycles. The number of benzene rings is 1. The van der Waals surface area contributed by atoms with Crippen LogP contribution in [0.3, 0.4) is 0 Å². The summed E-state index contributed by atoms with van der Waals surface area (Å²) in [6.45, 7) is -0.0611. The summed E-state index contributed by atoms with van der Waals surface area (Å²) in [4.78, 5) is 30.4. The van der Waals surface area contributed by atoms with Crippen molar-refractivity contribution in [3.8, 4) is 0 Å². The Morgan fingerprint density at radius 1 is 1.08 bits per heavy atom. The molecule has 3 heterocycles. The van der Waals surface area contributed by atoms with Gasteiger partial charge < -0.3 is 5.32 Å². The molecule has 1 amide bonds. The van der Waals surface area contributed by atoms with Gasteiger partial charge in [-0.2, -0.15) is 0 Å². The second kappa shape index (κ2) is 7.23. The number of hydrogen-bond donors (Lipinski definition) is 1. The summed E-state index contributed by atoms with van der Waals surface area (Å²) in [5.74, 6) is -0.230. The van der Waals surface area contributed by atoms with Gasteiger partial charge in [0.15, 0.2) is 0 Å². The molecular formula is C19H15N3O2S2. The molecule has 5 nitrogen and oxygen atoms in total. The summed E-state index contributed by atoms with van der Waals surface area (Å²) in [6.07, 6.45) is 1.43. The average Bonchev–Trinajstić information content (AvgIpc) is 3.35. The number of amides is 1. The Hall–Kier alpha value is -2.77. The SMILES string of the molecule is O=C(Cn1cnc2ccsc2c1=O)N[C@H](c1ccccc1)c1cccs1. The first-order chi connectivity index (χ1) is 12.7. The highest BCUT2D eigenvalue weighted by Crippen LogP contribution is 2.25. The van der Waals surface area contributed by atoms with Gasteiger partial charge in [-0.25, -0.2) is 4.98 Å². The molecule has 0 aliphatic rings. The Labute approximate surface area is 157 Å². The molecule has 0 aliphatic heterocycles. The molecule has 0 unspecified atom stereocenters. The molecule has 130 valence electrons. The van der Waals surface area contributed by atoms with Crippen LogP contribution in [0.25, 0.3) is 10.2 Å². The fourth-order valence-corrected chi connectivity index (χ4v) is 4.37. The predicted octanol–water partition coefficient (Wildman–Crippen LogP) is 3.43. The van der Waals surface area contributed by atoms with E-state index in [1.165, 1.54) is 22.2 Å². The molecule has 0 saturated carbocycles. The molecule has 0 radical (unpaired) electrons. The fourth-order valence-electron chi connectivity index (χ4n) is 2.77. The van der Waals surface area contributed by atoms with Crippen LogP contribution in [0.5, 0.6) is 0 Å². The lowest BCUT2D eigenvalue weighted by molar-refractivity contribution is -0.122. The van der Waals surface area contributed by atoms with E-state index in [4.69, 9.17) is 0 Å². The number of hydrogen-bond acceptors (Lipinski definition) is 5. The number of rotatable bonds is 5. The van der Waals surface area contributed by atoms with Crippen molar-refractivity contribution in [3.63, 3.8) is 0 Å². The highest BCUT2D eigenvalue weighted by molar-refractivity contribution is 7.17. The van der Waals surface area contributed by atoms with E-state index < -0.39 is 0 Å². The normalized spacial score (nSPS) is 12.2. The van der Waals surface area contributed by atoms with Gasteiger partial charge in [-0.15, -0.1) is 22.7 Å². The van der Waals surface area contributed by atoms with E-state index in [-0.39, 0.29) is 24.1 Å². The molecule has 0 aliphatic carbocycles. The largest absolute Gasteiger partial charge is 0.343 e. The number of carbonyl (C=O) groups excluding carboxylic acids is 1. The highest BCUT2D eigenvalue weighted by atomic mass is 32.1. The van der Waals surface area contributed by atoms with Crippen molar-refractivity contribution < 1.29 is 4.79 Å². The van der Waals surface area contributed by atoms with E-state index >= 15 is 0 Å².